The van der Waals surface area contributed by atoms with Crippen LogP contribution in [0.3, 0.4) is 0 Å². The highest BCUT2D eigenvalue weighted by Crippen LogP contribution is 2.52. The van der Waals surface area contributed by atoms with Gasteiger partial charge in [-0.25, -0.2) is 0 Å². The molecule has 13 aromatic rings. The van der Waals surface area contributed by atoms with Crippen LogP contribution >= 0.6 is 0 Å². The van der Waals surface area contributed by atoms with E-state index in [2.05, 4.69) is 305 Å². The second-order valence-electron chi connectivity index (χ2n) is 32.4. The van der Waals surface area contributed by atoms with Gasteiger partial charge in [-0.15, -0.1) is 0 Å². The lowest BCUT2D eigenvalue weighted by Crippen LogP contribution is -2.61. The first-order valence-corrected chi connectivity index (χ1v) is 33.6. The van der Waals surface area contributed by atoms with Gasteiger partial charge in [0.15, 0.2) is 0 Å². The summed E-state index contributed by atoms with van der Waals surface area (Å²) in [4.78, 5) is 4.99. The zero-order chi connectivity index (χ0) is 72.5. The molecule has 15 rings (SSSR count). The third-order valence-electron chi connectivity index (χ3n) is 19.1. The molecular weight excluding hydrogens is 1140 g/mol. The molecule has 0 atom stereocenters. The Morgan fingerprint density at radius 1 is 0.330 bits per heavy atom. The quantitative estimate of drug-likeness (QED) is 0.134. The average Bonchev–Trinajstić information content (AvgIpc) is 1.36. The van der Waals surface area contributed by atoms with Crippen LogP contribution in [0.2, 0.25) is 0 Å². The Labute approximate surface area is 569 Å². The van der Waals surface area contributed by atoms with Crippen LogP contribution in [0.4, 0.5) is 34.1 Å². The molecule has 2 aliphatic rings. The normalized spacial score (nSPS) is 14.7. The maximum atomic E-state index is 9.85. The number of benzene rings is 11. The van der Waals surface area contributed by atoms with Crippen molar-refractivity contribution in [3.8, 4) is 33.6 Å². The van der Waals surface area contributed by atoms with E-state index in [4.69, 9.17) is 2.74 Å². The number of fused-ring (bicyclic) bond motifs is 10. The van der Waals surface area contributed by atoms with Gasteiger partial charge in [0, 0.05) is 66.8 Å². The fourth-order valence-electron chi connectivity index (χ4n) is 15.1. The minimum atomic E-state index is -0.409. The largest absolute Gasteiger partial charge is 0.311 e. The molecule has 2 aromatic heterocycles. The van der Waals surface area contributed by atoms with Crippen LogP contribution in [0.25, 0.3) is 77.2 Å². The molecule has 0 saturated heterocycles. The highest BCUT2D eigenvalue weighted by Gasteiger charge is 2.45. The molecule has 0 bridgehead atoms. The van der Waals surface area contributed by atoms with Gasteiger partial charge >= 0.3 is 0 Å². The van der Waals surface area contributed by atoms with E-state index in [1.165, 1.54) is 11.1 Å². The molecule has 0 radical (unpaired) electrons. The second kappa shape index (κ2) is 22.2. The summed E-state index contributed by atoms with van der Waals surface area (Å²) in [7, 11) is 0. The van der Waals surface area contributed by atoms with Crippen molar-refractivity contribution in [2.45, 2.75) is 134 Å². The molecule has 94 heavy (non-hydrogen) atoms. The summed E-state index contributed by atoms with van der Waals surface area (Å²) < 4.78 is 79.9. The molecular formula is C89H89BN4. The summed E-state index contributed by atoms with van der Waals surface area (Å²) in [5.41, 5.74) is 22.1. The van der Waals surface area contributed by atoms with Crippen LogP contribution < -0.4 is 26.2 Å². The fraction of sp³-hybridized carbons (Fsp3) is 0.258. The Balaban J connectivity index is 1.10. The summed E-state index contributed by atoms with van der Waals surface area (Å²) in [6.45, 7) is 33.4. The van der Waals surface area contributed by atoms with E-state index in [0.29, 0.717) is 21.8 Å². The number of nitrogens with zero attached hydrogens (tertiary/aromatic N) is 4. The molecule has 0 aliphatic carbocycles. The second-order valence-corrected chi connectivity index (χ2v) is 32.4. The van der Waals surface area contributed by atoms with Gasteiger partial charge in [-0.1, -0.05) is 237 Å². The minimum absolute atomic E-state index is 0.0460. The molecule has 4 heterocycles. The van der Waals surface area contributed by atoms with Gasteiger partial charge in [0.2, 0.25) is 0 Å². The zero-order valence-electron chi connectivity index (χ0n) is 65.3. The monoisotopic (exact) mass is 1230 g/mol. The summed E-state index contributed by atoms with van der Waals surface area (Å²) in [6, 6.07) is 64.9. The van der Waals surface area contributed by atoms with Crippen LogP contribution in [-0.2, 0) is 30.1 Å². The Morgan fingerprint density at radius 3 is 1.12 bits per heavy atom. The third kappa shape index (κ3) is 10.8. The summed E-state index contributed by atoms with van der Waals surface area (Å²) in [5, 5.41) is 2.51. The first-order chi connectivity index (χ1) is 48.0. The predicted octanol–water partition coefficient (Wildman–Crippen LogP) is 22.7. The first kappa shape index (κ1) is 52.1. The third-order valence-corrected chi connectivity index (χ3v) is 19.1. The van der Waals surface area contributed by atoms with Crippen molar-refractivity contribution in [1.29, 1.82) is 0 Å². The molecule has 0 N–H and O–H groups in total. The number of rotatable bonds is 9. The maximum Gasteiger partial charge on any atom is 0.252 e. The summed E-state index contributed by atoms with van der Waals surface area (Å²) in [6.07, 6.45) is 2.27. The van der Waals surface area contributed by atoms with E-state index in [1.54, 1.807) is 0 Å². The molecule has 2 aliphatic heterocycles. The van der Waals surface area contributed by atoms with E-state index < -0.39 is 6.71 Å². The van der Waals surface area contributed by atoms with Crippen LogP contribution in [0, 0.1) is 16.2 Å². The highest BCUT2D eigenvalue weighted by atomic mass is 15.2. The molecule has 0 fully saturated rings. The average molecular weight is 1230 g/mol. The number of para-hydroxylation sites is 2. The van der Waals surface area contributed by atoms with E-state index in [-0.39, 0.29) is 75.4 Å². The van der Waals surface area contributed by atoms with Crippen LogP contribution in [0.15, 0.2) is 230 Å². The number of aromatic nitrogens is 2. The Morgan fingerprint density at radius 2 is 0.723 bits per heavy atom. The van der Waals surface area contributed by atoms with Gasteiger partial charge in [0.25, 0.3) is 6.71 Å². The number of anilines is 6. The van der Waals surface area contributed by atoms with Gasteiger partial charge in [-0.2, -0.15) is 0 Å². The van der Waals surface area contributed by atoms with E-state index in [1.807, 2.05) is 0 Å². The zero-order valence-corrected chi connectivity index (χ0v) is 57.3. The number of hydrogen-bond acceptors (Lipinski definition) is 2. The Hall–Kier alpha value is -9.32. The lowest BCUT2D eigenvalue weighted by Gasteiger charge is -2.45. The van der Waals surface area contributed by atoms with Crippen molar-refractivity contribution in [1.82, 2.24) is 9.13 Å². The molecule has 4 nitrogen and oxygen atoms in total. The molecule has 0 spiro atoms. The molecule has 11 aromatic carbocycles. The molecule has 0 unspecified atom stereocenters. The smallest absolute Gasteiger partial charge is 0.252 e. The summed E-state index contributed by atoms with van der Waals surface area (Å²) in [5.74, 6) is 0. The molecule has 0 saturated carbocycles. The molecule has 5 heteroatoms. The number of hydrogen-bond donors (Lipinski definition) is 0. The van der Waals surface area contributed by atoms with E-state index >= 15 is 0 Å². The Kier molecular flexibility index (Phi) is 12.3. The van der Waals surface area contributed by atoms with Crippen LogP contribution in [0.1, 0.15) is 143 Å². The van der Waals surface area contributed by atoms with Gasteiger partial charge in [0.05, 0.1) is 44.4 Å². The minimum Gasteiger partial charge on any atom is -0.311 e. The van der Waals surface area contributed by atoms with Gasteiger partial charge in [-0.3, -0.25) is 0 Å². The van der Waals surface area contributed by atoms with Crippen LogP contribution in [-0.4, -0.2) is 15.8 Å². The fourth-order valence-corrected chi connectivity index (χ4v) is 15.1. The standard InChI is InChI=1S/C89H89BN4/c1-85(2,3)54-57-34-42-78-70(46-57)66-30-22-24-32-74(66)91(78)64-38-40-72-80(52-64)93(76-44-36-62(88(10,11)12)50-68(76)60-26-18-16-19-27-60)82-48-59(56-87(7,8)9)49-83-84(82)90(72)73-41-39-65(92-75-33-25-23-31-67(75)71-47-58(35-43-79(71)92)55-86(4,5)6)53-81(73)94(83)77-45-37-63(89(13,14)15)51-69(77)61-28-20-17-21-29-61/h16-53H,54-56H2,1-15H3/i22D,23D,24D,25D,30D,31D,32D,33D. The van der Waals surface area contributed by atoms with Gasteiger partial charge in [-0.05, 0) is 199 Å². The molecule has 468 valence electrons. The van der Waals surface area contributed by atoms with Crippen LogP contribution in [0.5, 0.6) is 0 Å². The van der Waals surface area contributed by atoms with E-state index in [9.17, 15) is 8.22 Å². The predicted molar refractivity (Wildman–Crippen MR) is 407 cm³/mol. The van der Waals surface area contributed by atoms with Crippen molar-refractivity contribution in [3.05, 3.63) is 258 Å². The Bertz CT molecular complexity index is 5300. The SMILES string of the molecule is [2H]c1c([2H])c([2H])c2c(c1[2H])c1cc(CC(C)(C)C)ccc1n2-c1ccc2c(c1)N(c1ccc(C(C)(C)C)cc1-c1ccccc1)c1cc(CC(C)(C)C)cc3c1B2c1ccc(-n2c4ccc(CC(C)(C)C)cc4c4c([2H])c([2H])c([2H])c([2H])c42)cc1N3c1ccc(C(C)(C)C)cc1-c1ccccc1. The lowest BCUT2D eigenvalue weighted by atomic mass is 9.33. The lowest BCUT2D eigenvalue weighted by molar-refractivity contribution is 0.411. The van der Waals surface area contributed by atoms with E-state index in [0.717, 1.165) is 142 Å². The van der Waals surface area contributed by atoms with Crippen molar-refractivity contribution in [3.63, 3.8) is 0 Å². The maximum absolute atomic E-state index is 9.85. The van der Waals surface area contributed by atoms with Crippen molar-refractivity contribution in [2.24, 2.45) is 16.2 Å². The highest BCUT2D eigenvalue weighted by molar-refractivity contribution is 7.00. The first-order valence-electron chi connectivity index (χ1n) is 37.6. The van der Waals surface area contributed by atoms with Crippen molar-refractivity contribution in [2.75, 3.05) is 9.80 Å². The molecule has 0 amide bonds. The van der Waals surface area contributed by atoms with Crippen molar-refractivity contribution >= 4 is 101 Å². The summed E-state index contributed by atoms with van der Waals surface area (Å²) >= 11 is 0. The van der Waals surface area contributed by atoms with Gasteiger partial charge in [0.1, 0.15) is 0 Å². The van der Waals surface area contributed by atoms with Gasteiger partial charge < -0.3 is 18.9 Å². The topological polar surface area (TPSA) is 16.3 Å². The van der Waals surface area contributed by atoms with Crippen molar-refractivity contribution < 1.29 is 11.0 Å².